The van der Waals surface area contributed by atoms with Crippen LogP contribution in [0.5, 0.6) is 0 Å². The van der Waals surface area contributed by atoms with Crippen LogP contribution in [0.25, 0.3) is 0 Å². The van der Waals surface area contributed by atoms with Crippen molar-refractivity contribution in [1.29, 1.82) is 0 Å². The number of nitrogens with zero attached hydrogens (tertiary/aromatic N) is 3. The first kappa shape index (κ1) is 21.4. The van der Waals surface area contributed by atoms with Crippen molar-refractivity contribution in [3.63, 3.8) is 0 Å². The zero-order valence-electron chi connectivity index (χ0n) is 17.3. The molecule has 1 atom stereocenters. The van der Waals surface area contributed by atoms with Gasteiger partial charge in [-0.2, -0.15) is 4.31 Å². The second-order valence-electron chi connectivity index (χ2n) is 7.85. The van der Waals surface area contributed by atoms with Crippen LogP contribution in [-0.4, -0.2) is 61.5 Å². The normalized spacial score (nSPS) is 20.7. The highest BCUT2D eigenvalue weighted by Crippen LogP contribution is 2.40. The molecule has 0 N–H and O–H groups in total. The van der Waals surface area contributed by atoms with Gasteiger partial charge in [-0.3, -0.25) is 9.69 Å². The summed E-state index contributed by atoms with van der Waals surface area (Å²) in [6.45, 7) is 7.36. The fourth-order valence-corrected chi connectivity index (χ4v) is 6.53. The maximum Gasteiger partial charge on any atom is 0.243 e. The van der Waals surface area contributed by atoms with Gasteiger partial charge in [0.2, 0.25) is 15.9 Å². The standard InChI is InChI=1S/C22H27N3O3S2/c1-17-15-25(18(2)26)21-14-20(8-9-22(21)29-17)30(27,28)24-12-10-23(11-13-24)16-19-6-4-3-5-7-19/h3-9,14,17H,10-13,15-16H2,1-2H3. The summed E-state index contributed by atoms with van der Waals surface area (Å²) in [7, 11) is -3.60. The predicted molar refractivity (Wildman–Crippen MR) is 120 cm³/mol. The SMILES string of the molecule is CC(=O)N1CC(C)Sc2ccc(S(=O)(=O)N3CCN(Cc4ccccc4)CC3)cc21. The smallest absolute Gasteiger partial charge is 0.243 e. The number of hydrogen-bond acceptors (Lipinski definition) is 5. The molecular weight excluding hydrogens is 418 g/mol. The first-order valence-electron chi connectivity index (χ1n) is 10.2. The number of thioether (sulfide) groups is 1. The maximum atomic E-state index is 13.3. The fourth-order valence-electron chi connectivity index (χ4n) is 3.99. The van der Waals surface area contributed by atoms with Crippen LogP contribution in [0, 0.1) is 0 Å². The van der Waals surface area contributed by atoms with Crippen LogP contribution in [0.4, 0.5) is 5.69 Å². The van der Waals surface area contributed by atoms with E-state index in [9.17, 15) is 13.2 Å². The Morgan fingerprint density at radius 3 is 2.43 bits per heavy atom. The van der Waals surface area contributed by atoms with Gasteiger partial charge in [-0.25, -0.2) is 8.42 Å². The Hall–Kier alpha value is -1.87. The topological polar surface area (TPSA) is 60.9 Å². The molecule has 2 heterocycles. The average molecular weight is 446 g/mol. The molecule has 0 aromatic heterocycles. The number of anilines is 1. The van der Waals surface area contributed by atoms with Gasteiger partial charge in [0.15, 0.2) is 0 Å². The third-order valence-electron chi connectivity index (χ3n) is 5.59. The van der Waals surface area contributed by atoms with E-state index in [0.717, 1.165) is 11.4 Å². The number of hydrogen-bond donors (Lipinski definition) is 0. The Labute approximate surface area is 182 Å². The van der Waals surface area contributed by atoms with Gasteiger partial charge in [0, 0.05) is 56.3 Å². The Balaban J connectivity index is 1.49. The van der Waals surface area contributed by atoms with Crippen LogP contribution in [0.3, 0.4) is 0 Å². The average Bonchev–Trinajstić information content (AvgIpc) is 2.74. The molecule has 1 amide bonds. The lowest BCUT2D eigenvalue weighted by Crippen LogP contribution is -2.48. The molecule has 8 heteroatoms. The number of fused-ring (bicyclic) bond motifs is 1. The van der Waals surface area contributed by atoms with Gasteiger partial charge < -0.3 is 4.90 Å². The molecule has 0 saturated carbocycles. The Kier molecular flexibility index (Phi) is 6.20. The summed E-state index contributed by atoms with van der Waals surface area (Å²) < 4.78 is 28.1. The van der Waals surface area contributed by atoms with Crippen LogP contribution in [-0.2, 0) is 21.4 Å². The van der Waals surface area contributed by atoms with Crippen molar-refractivity contribution >= 4 is 33.4 Å². The Bertz CT molecular complexity index is 1020. The van der Waals surface area contributed by atoms with Gasteiger partial charge in [0.1, 0.15) is 0 Å². The van der Waals surface area contributed by atoms with Gasteiger partial charge in [0.05, 0.1) is 10.6 Å². The lowest BCUT2D eigenvalue weighted by atomic mass is 10.2. The minimum Gasteiger partial charge on any atom is -0.310 e. The monoisotopic (exact) mass is 445 g/mol. The number of carbonyl (C=O) groups excluding carboxylic acids is 1. The van der Waals surface area contributed by atoms with Crippen molar-refractivity contribution in [3.8, 4) is 0 Å². The second-order valence-corrected chi connectivity index (χ2v) is 11.3. The van der Waals surface area contributed by atoms with Crippen LogP contribution < -0.4 is 4.90 Å². The summed E-state index contributed by atoms with van der Waals surface area (Å²) >= 11 is 1.68. The zero-order valence-corrected chi connectivity index (χ0v) is 19.0. The number of amides is 1. The number of rotatable bonds is 4. The summed E-state index contributed by atoms with van der Waals surface area (Å²) in [5.41, 5.74) is 1.94. The van der Waals surface area contributed by atoms with Gasteiger partial charge >= 0.3 is 0 Å². The van der Waals surface area contributed by atoms with Crippen molar-refractivity contribution in [2.45, 2.75) is 35.4 Å². The summed E-state index contributed by atoms with van der Waals surface area (Å²) in [5, 5.41) is 0.279. The van der Waals surface area contributed by atoms with Crippen molar-refractivity contribution < 1.29 is 13.2 Å². The molecule has 2 aliphatic rings. The van der Waals surface area contributed by atoms with Crippen LogP contribution in [0.15, 0.2) is 58.3 Å². The van der Waals surface area contributed by atoms with Crippen molar-refractivity contribution in [1.82, 2.24) is 9.21 Å². The molecule has 0 bridgehead atoms. The number of benzene rings is 2. The fraction of sp³-hybridized carbons (Fsp3) is 0.409. The molecule has 1 fully saturated rings. The van der Waals surface area contributed by atoms with E-state index in [1.54, 1.807) is 33.1 Å². The molecule has 1 saturated heterocycles. The van der Waals surface area contributed by atoms with Crippen LogP contribution in [0.1, 0.15) is 19.4 Å². The minimum absolute atomic E-state index is 0.0625. The Morgan fingerprint density at radius 2 is 1.77 bits per heavy atom. The van der Waals surface area contributed by atoms with E-state index in [0.29, 0.717) is 38.4 Å². The zero-order chi connectivity index (χ0) is 21.3. The molecule has 0 radical (unpaired) electrons. The largest absolute Gasteiger partial charge is 0.310 e. The molecule has 2 aliphatic heterocycles. The lowest BCUT2D eigenvalue weighted by Gasteiger charge is -2.35. The van der Waals surface area contributed by atoms with Gasteiger partial charge in [-0.05, 0) is 23.8 Å². The Morgan fingerprint density at radius 1 is 1.07 bits per heavy atom. The predicted octanol–water partition coefficient (Wildman–Crippen LogP) is 3.04. The lowest BCUT2D eigenvalue weighted by molar-refractivity contribution is -0.116. The van der Waals surface area contributed by atoms with Gasteiger partial charge in [0.25, 0.3) is 0 Å². The molecule has 0 spiro atoms. The molecule has 4 rings (SSSR count). The third kappa shape index (κ3) is 4.42. The van der Waals surface area contributed by atoms with Crippen LogP contribution >= 0.6 is 11.8 Å². The summed E-state index contributed by atoms with van der Waals surface area (Å²) in [6.07, 6.45) is 0. The number of carbonyl (C=O) groups is 1. The van der Waals surface area contributed by atoms with E-state index in [1.807, 2.05) is 24.3 Å². The highest BCUT2D eigenvalue weighted by Gasteiger charge is 2.31. The molecule has 6 nitrogen and oxygen atoms in total. The highest BCUT2D eigenvalue weighted by molar-refractivity contribution is 8.00. The van der Waals surface area contributed by atoms with Gasteiger partial charge in [-0.1, -0.05) is 37.3 Å². The molecule has 1 unspecified atom stereocenters. The van der Waals surface area contributed by atoms with E-state index in [2.05, 4.69) is 24.0 Å². The number of piperazine rings is 1. The first-order chi connectivity index (χ1) is 14.3. The maximum absolute atomic E-state index is 13.3. The van der Waals surface area contributed by atoms with E-state index < -0.39 is 10.0 Å². The van der Waals surface area contributed by atoms with E-state index >= 15 is 0 Å². The van der Waals surface area contributed by atoms with Crippen LogP contribution in [0.2, 0.25) is 0 Å². The van der Waals surface area contributed by atoms with E-state index in [1.165, 1.54) is 12.5 Å². The van der Waals surface area contributed by atoms with E-state index in [4.69, 9.17) is 0 Å². The summed E-state index contributed by atoms with van der Waals surface area (Å²) in [5.74, 6) is -0.0625. The minimum atomic E-state index is -3.60. The molecular formula is C22H27N3O3S2. The molecule has 2 aromatic rings. The molecule has 0 aliphatic carbocycles. The van der Waals surface area contributed by atoms with Gasteiger partial charge in [-0.15, -0.1) is 11.8 Å². The number of sulfonamides is 1. The molecule has 30 heavy (non-hydrogen) atoms. The quantitative estimate of drug-likeness (QED) is 0.724. The highest BCUT2D eigenvalue weighted by atomic mass is 32.2. The van der Waals surface area contributed by atoms with Crippen molar-refractivity contribution in [2.75, 3.05) is 37.6 Å². The third-order valence-corrected chi connectivity index (χ3v) is 8.63. The summed E-state index contributed by atoms with van der Waals surface area (Å²) in [6, 6.07) is 15.4. The van der Waals surface area contributed by atoms with Crippen molar-refractivity contribution in [3.05, 3.63) is 54.1 Å². The molecule has 160 valence electrons. The summed E-state index contributed by atoms with van der Waals surface area (Å²) in [4.78, 5) is 17.3. The second kappa shape index (κ2) is 8.70. The first-order valence-corrected chi connectivity index (χ1v) is 12.5. The van der Waals surface area contributed by atoms with E-state index in [-0.39, 0.29) is 16.1 Å². The molecule has 2 aromatic carbocycles. The van der Waals surface area contributed by atoms with Crippen molar-refractivity contribution in [2.24, 2.45) is 0 Å².